The average Bonchev–Trinajstić information content (AvgIpc) is 3.00. The molecule has 2 aromatic heterocycles. The predicted molar refractivity (Wildman–Crippen MR) is 97.9 cm³/mol. The largest absolute Gasteiger partial charge is 0.344 e. The van der Waals surface area contributed by atoms with Gasteiger partial charge in [0.15, 0.2) is 0 Å². The molecule has 130 valence electrons. The smallest absolute Gasteiger partial charge is 0.270 e. The van der Waals surface area contributed by atoms with Gasteiger partial charge >= 0.3 is 0 Å². The Morgan fingerprint density at radius 2 is 1.92 bits per heavy atom. The Balaban J connectivity index is 1.71. The normalized spacial score (nSPS) is 11.6. The van der Waals surface area contributed by atoms with Crippen molar-refractivity contribution < 1.29 is 4.79 Å². The molecule has 0 unspecified atom stereocenters. The Bertz CT molecular complexity index is 965. The van der Waals surface area contributed by atoms with Crippen molar-refractivity contribution in [1.29, 1.82) is 5.26 Å². The van der Waals surface area contributed by atoms with E-state index in [0.717, 1.165) is 22.6 Å². The van der Waals surface area contributed by atoms with Crippen molar-refractivity contribution in [3.63, 3.8) is 0 Å². The molecule has 0 aliphatic rings. The number of nitrogens with one attached hydrogen (secondary N) is 1. The van der Waals surface area contributed by atoms with Crippen LogP contribution in [0, 0.1) is 25.2 Å². The minimum absolute atomic E-state index is 0.172. The molecule has 26 heavy (non-hydrogen) atoms. The number of pyridine rings is 1. The third-order valence-corrected chi connectivity index (χ3v) is 4.12. The Kier molecular flexibility index (Phi) is 4.81. The highest BCUT2D eigenvalue weighted by atomic mass is 16.1. The summed E-state index contributed by atoms with van der Waals surface area (Å²) in [6.45, 7) is 5.90. The van der Waals surface area contributed by atoms with Crippen molar-refractivity contribution in [3.05, 3.63) is 76.9 Å². The molecule has 1 aromatic carbocycles. The van der Waals surface area contributed by atoms with E-state index in [2.05, 4.69) is 15.4 Å². The summed E-state index contributed by atoms with van der Waals surface area (Å²) in [5.41, 5.74) is 4.72. The van der Waals surface area contributed by atoms with Crippen LogP contribution in [0.25, 0.3) is 5.69 Å². The molecule has 0 aliphatic heterocycles. The zero-order chi connectivity index (χ0) is 18.7. The molecule has 2 heterocycles. The maximum atomic E-state index is 12.3. The van der Waals surface area contributed by atoms with E-state index in [-0.39, 0.29) is 17.6 Å². The van der Waals surface area contributed by atoms with E-state index in [9.17, 15) is 4.79 Å². The van der Waals surface area contributed by atoms with Crippen molar-refractivity contribution >= 4 is 5.91 Å². The van der Waals surface area contributed by atoms with Crippen LogP contribution in [0.4, 0.5) is 0 Å². The maximum Gasteiger partial charge on any atom is 0.270 e. The first-order valence-corrected chi connectivity index (χ1v) is 8.28. The molecule has 0 saturated heterocycles. The van der Waals surface area contributed by atoms with E-state index in [4.69, 9.17) is 5.26 Å². The number of rotatable bonds is 4. The molecular formula is C20H19N5O. The van der Waals surface area contributed by atoms with Gasteiger partial charge in [-0.1, -0.05) is 12.1 Å². The Labute approximate surface area is 152 Å². The van der Waals surface area contributed by atoms with Crippen molar-refractivity contribution in [3.8, 4) is 11.8 Å². The molecule has 0 fully saturated rings. The highest BCUT2D eigenvalue weighted by Crippen LogP contribution is 2.17. The van der Waals surface area contributed by atoms with Crippen LogP contribution in [0.1, 0.15) is 46.0 Å². The van der Waals surface area contributed by atoms with Gasteiger partial charge < -0.3 is 5.32 Å². The van der Waals surface area contributed by atoms with Gasteiger partial charge in [-0.25, -0.2) is 9.67 Å². The lowest BCUT2D eigenvalue weighted by Gasteiger charge is -2.15. The second-order valence-electron chi connectivity index (χ2n) is 6.17. The standard InChI is InChI=1S/C20H19N5O/c1-13-10-14(2)25(24-13)18-7-5-17(6-8-18)15(3)23-20(26)19-9-4-16(11-21)12-22-19/h4-10,12,15H,1-3H3,(H,23,26)/t15-/m1/s1. The summed E-state index contributed by atoms with van der Waals surface area (Å²) in [7, 11) is 0. The lowest BCUT2D eigenvalue weighted by molar-refractivity contribution is 0.0935. The lowest BCUT2D eigenvalue weighted by atomic mass is 10.1. The first-order chi connectivity index (χ1) is 12.5. The van der Waals surface area contributed by atoms with Crippen LogP contribution < -0.4 is 5.32 Å². The van der Waals surface area contributed by atoms with Gasteiger partial charge in [0.05, 0.1) is 23.0 Å². The topological polar surface area (TPSA) is 83.6 Å². The van der Waals surface area contributed by atoms with Crippen molar-refractivity contribution in [2.24, 2.45) is 0 Å². The SMILES string of the molecule is Cc1cc(C)n(-c2ccc([C@@H](C)NC(=O)c3ccc(C#N)cn3)cc2)n1. The second-order valence-corrected chi connectivity index (χ2v) is 6.17. The summed E-state index contributed by atoms with van der Waals surface area (Å²) in [5, 5.41) is 16.2. The molecule has 1 atom stereocenters. The second kappa shape index (κ2) is 7.19. The van der Waals surface area contributed by atoms with Crippen LogP contribution in [0.5, 0.6) is 0 Å². The number of hydrogen-bond acceptors (Lipinski definition) is 4. The van der Waals surface area contributed by atoms with Gasteiger partial charge in [-0.15, -0.1) is 0 Å². The van der Waals surface area contributed by atoms with E-state index >= 15 is 0 Å². The minimum atomic E-state index is -0.274. The fourth-order valence-corrected chi connectivity index (χ4v) is 2.74. The van der Waals surface area contributed by atoms with Gasteiger partial charge in [-0.2, -0.15) is 10.4 Å². The molecular weight excluding hydrogens is 326 g/mol. The van der Waals surface area contributed by atoms with Crippen molar-refractivity contribution in [2.45, 2.75) is 26.8 Å². The summed E-state index contributed by atoms with van der Waals surface area (Å²) in [5.74, 6) is -0.274. The fraction of sp³-hybridized carbons (Fsp3) is 0.200. The zero-order valence-electron chi connectivity index (χ0n) is 14.9. The number of aromatic nitrogens is 3. The molecule has 0 aliphatic carbocycles. The molecule has 3 aromatic rings. The Hall–Kier alpha value is -3.46. The maximum absolute atomic E-state index is 12.3. The summed E-state index contributed by atoms with van der Waals surface area (Å²) >= 11 is 0. The average molecular weight is 345 g/mol. The predicted octanol–water partition coefficient (Wildman–Crippen LogP) is 3.25. The van der Waals surface area contributed by atoms with Gasteiger partial charge in [0.1, 0.15) is 11.8 Å². The number of benzene rings is 1. The first kappa shape index (κ1) is 17.4. The van der Waals surface area contributed by atoms with Gasteiger partial charge in [-0.05, 0) is 56.7 Å². The molecule has 0 spiro atoms. The molecule has 6 nitrogen and oxygen atoms in total. The Morgan fingerprint density at radius 1 is 1.19 bits per heavy atom. The molecule has 1 N–H and O–H groups in total. The van der Waals surface area contributed by atoms with E-state index in [1.165, 1.54) is 6.20 Å². The van der Waals surface area contributed by atoms with Crippen LogP contribution >= 0.6 is 0 Å². The quantitative estimate of drug-likeness (QED) is 0.787. The highest BCUT2D eigenvalue weighted by molar-refractivity contribution is 5.92. The summed E-state index contributed by atoms with van der Waals surface area (Å²) in [4.78, 5) is 16.3. The number of hydrogen-bond donors (Lipinski definition) is 1. The molecule has 0 bridgehead atoms. The summed E-state index contributed by atoms with van der Waals surface area (Å²) in [6, 6.07) is 14.9. The number of carbonyl (C=O) groups is 1. The van der Waals surface area contributed by atoms with Crippen molar-refractivity contribution in [1.82, 2.24) is 20.1 Å². The minimum Gasteiger partial charge on any atom is -0.344 e. The third-order valence-electron chi connectivity index (χ3n) is 4.12. The van der Waals surface area contributed by atoms with Crippen LogP contribution in [-0.4, -0.2) is 20.7 Å². The number of carbonyl (C=O) groups excluding carboxylic acids is 1. The molecule has 0 radical (unpaired) electrons. The van der Waals surface area contributed by atoms with Crippen LogP contribution in [0.2, 0.25) is 0 Å². The van der Waals surface area contributed by atoms with E-state index in [0.29, 0.717) is 5.56 Å². The molecule has 3 rings (SSSR count). The Morgan fingerprint density at radius 3 is 2.46 bits per heavy atom. The monoisotopic (exact) mass is 345 g/mol. The highest BCUT2D eigenvalue weighted by Gasteiger charge is 2.13. The number of nitriles is 1. The fourth-order valence-electron chi connectivity index (χ4n) is 2.74. The molecule has 6 heteroatoms. The lowest BCUT2D eigenvalue weighted by Crippen LogP contribution is -2.27. The molecule has 0 saturated carbocycles. The summed E-state index contributed by atoms with van der Waals surface area (Å²) < 4.78 is 1.89. The van der Waals surface area contributed by atoms with Gasteiger partial charge in [0.25, 0.3) is 5.91 Å². The number of amides is 1. The number of aryl methyl sites for hydroxylation is 2. The van der Waals surface area contributed by atoms with Gasteiger partial charge in [0.2, 0.25) is 0 Å². The van der Waals surface area contributed by atoms with Crippen LogP contribution in [-0.2, 0) is 0 Å². The van der Waals surface area contributed by atoms with Crippen molar-refractivity contribution in [2.75, 3.05) is 0 Å². The zero-order valence-corrected chi connectivity index (χ0v) is 14.9. The van der Waals surface area contributed by atoms with Crippen LogP contribution in [0.3, 0.4) is 0 Å². The van der Waals surface area contributed by atoms with Gasteiger partial charge in [-0.3, -0.25) is 4.79 Å². The van der Waals surface area contributed by atoms with E-state index in [1.807, 2.05) is 61.9 Å². The van der Waals surface area contributed by atoms with Gasteiger partial charge in [0, 0.05) is 11.9 Å². The molecule has 1 amide bonds. The summed E-state index contributed by atoms with van der Waals surface area (Å²) in [6.07, 6.45) is 1.39. The van der Waals surface area contributed by atoms with E-state index < -0.39 is 0 Å². The third kappa shape index (κ3) is 3.62. The first-order valence-electron chi connectivity index (χ1n) is 8.28. The van der Waals surface area contributed by atoms with Crippen LogP contribution in [0.15, 0.2) is 48.7 Å². The van der Waals surface area contributed by atoms with E-state index in [1.54, 1.807) is 12.1 Å². The number of nitrogens with zero attached hydrogens (tertiary/aromatic N) is 4.